The van der Waals surface area contributed by atoms with Gasteiger partial charge in [-0.05, 0) is 56.4 Å². The normalized spacial score (nSPS) is 26.9. The number of sulfonamides is 1. The van der Waals surface area contributed by atoms with Crippen molar-refractivity contribution in [1.29, 1.82) is 0 Å². The minimum Gasteiger partial charge on any atom is -0.481 e. The molecule has 1 amide bonds. The Morgan fingerprint density at radius 2 is 1.74 bits per heavy atom. The third-order valence-corrected chi connectivity index (χ3v) is 7.57. The molecule has 3 rings (SSSR count). The molecule has 1 aromatic carbocycles. The van der Waals surface area contributed by atoms with Gasteiger partial charge < -0.3 is 10.0 Å². The fourth-order valence-electron chi connectivity index (χ4n) is 4.01. The van der Waals surface area contributed by atoms with Crippen molar-refractivity contribution in [1.82, 2.24) is 9.21 Å². The van der Waals surface area contributed by atoms with E-state index in [2.05, 4.69) is 0 Å². The summed E-state index contributed by atoms with van der Waals surface area (Å²) >= 11 is 0. The fraction of sp³-hybridized carbons (Fsp3) is 0.579. The SMILES string of the molecule is CC1CCCN(S(=O)(=O)c2ccc(C(=O)N3CCC(C(=O)O)C3C)cc2)C1. The lowest BCUT2D eigenvalue weighted by molar-refractivity contribution is -0.142. The lowest BCUT2D eigenvalue weighted by Crippen LogP contribution is -2.39. The zero-order valence-corrected chi connectivity index (χ0v) is 16.5. The number of carboxylic acids is 1. The topological polar surface area (TPSA) is 95.0 Å². The Bertz CT molecular complexity index is 821. The molecule has 0 aromatic heterocycles. The smallest absolute Gasteiger partial charge is 0.308 e. The Kier molecular flexibility index (Phi) is 5.58. The number of amides is 1. The van der Waals surface area contributed by atoms with Crippen LogP contribution in [0.3, 0.4) is 0 Å². The Morgan fingerprint density at radius 1 is 1.07 bits per heavy atom. The largest absolute Gasteiger partial charge is 0.481 e. The Labute approximate surface area is 160 Å². The number of piperidine rings is 1. The number of carboxylic acid groups (broad SMARTS) is 1. The molecule has 0 aliphatic carbocycles. The van der Waals surface area contributed by atoms with Crippen molar-refractivity contribution in [2.45, 2.75) is 44.0 Å². The monoisotopic (exact) mass is 394 g/mol. The maximum atomic E-state index is 12.8. The molecule has 2 fully saturated rings. The van der Waals surface area contributed by atoms with Crippen molar-refractivity contribution in [3.05, 3.63) is 29.8 Å². The van der Waals surface area contributed by atoms with Gasteiger partial charge in [0, 0.05) is 31.2 Å². The molecule has 7 nitrogen and oxygen atoms in total. The predicted octanol–water partition coefficient (Wildman–Crippen LogP) is 2.04. The van der Waals surface area contributed by atoms with Gasteiger partial charge in [0.15, 0.2) is 0 Å². The molecule has 2 aliphatic heterocycles. The van der Waals surface area contributed by atoms with Gasteiger partial charge in [0.25, 0.3) is 5.91 Å². The van der Waals surface area contributed by atoms with Crippen molar-refractivity contribution in [3.8, 4) is 0 Å². The van der Waals surface area contributed by atoms with Gasteiger partial charge in [0.05, 0.1) is 10.8 Å². The van der Waals surface area contributed by atoms with Gasteiger partial charge in [-0.3, -0.25) is 9.59 Å². The number of hydrogen-bond donors (Lipinski definition) is 1. The van der Waals surface area contributed by atoms with E-state index >= 15 is 0 Å². The van der Waals surface area contributed by atoms with E-state index in [1.54, 1.807) is 11.8 Å². The van der Waals surface area contributed by atoms with E-state index < -0.39 is 21.9 Å². The summed E-state index contributed by atoms with van der Waals surface area (Å²) in [7, 11) is -3.56. The number of likely N-dealkylation sites (tertiary alicyclic amines) is 1. The van der Waals surface area contributed by atoms with Gasteiger partial charge in [-0.2, -0.15) is 4.31 Å². The van der Waals surface area contributed by atoms with Crippen LogP contribution in [0.1, 0.15) is 43.5 Å². The van der Waals surface area contributed by atoms with E-state index in [-0.39, 0.29) is 16.8 Å². The number of carbonyl (C=O) groups is 2. The number of benzene rings is 1. The van der Waals surface area contributed by atoms with Gasteiger partial charge >= 0.3 is 5.97 Å². The Balaban J connectivity index is 1.75. The van der Waals surface area contributed by atoms with Gasteiger partial charge in [-0.1, -0.05) is 6.92 Å². The van der Waals surface area contributed by atoms with Crippen LogP contribution >= 0.6 is 0 Å². The molecule has 0 spiro atoms. The highest BCUT2D eigenvalue weighted by atomic mass is 32.2. The standard InChI is InChI=1S/C19H26N2O5S/c1-13-4-3-10-20(12-13)27(25,26)16-7-5-15(6-8-16)18(22)21-11-9-17(14(21)2)19(23)24/h5-8,13-14,17H,3-4,9-12H2,1-2H3,(H,23,24). The van der Waals surface area contributed by atoms with Crippen LogP contribution in [0, 0.1) is 11.8 Å². The molecule has 2 aliphatic rings. The average Bonchev–Trinajstić information content (AvgIpc) is 3.03. The van der Waals surface area contributed by atoms with Crippen LogP contribution < -0.4 is 0 Å². The summed E-state index contributed by atoms with van der Waals surface area (Å²) < 4.78 is 27.1. The first-order valence-corrected chi connectivity index (χ1v) is 10.8. The van der Waals surface area contributed by atoms with Crippen molar-refractivity contribution in [2.75, 3.05) is 19.6 Å². The molecule has 8 heteroatoms. The third-order valence-electron chi connectivity index (χ3n) is 5.69. The van der Waals surface area contributed by atoms with Crippen molar-refractivity contribution >= 4 is 21.9 Å². The number of aliphatic carboxylic acids is 1. The Hall–Kier alpha value is -1.93. The highest BCUT2D eigenvalue weighted by Crippen LogP contribution is 2.27. The van der Waals surface area contributed by atoms with Gasteiger partial charge in [-0.25, -0.2) is 8.42 Å². The van der Waals surface area contributed by atoms with Gasteiger partial charge in [0.1, 0.15) is 0 Å². The number of hydrogen-bond acceptors (Lipinski definition) is 4. The van der Waals surface area contributed by atoms with E-state index in [1.165, 1.54) is 28.6 Å². The minimum atomic E-state index is -3.56. The van der Waals surface area contributed by atoms with Crippen LogP contribution in [0.2, 0.25) is 0 Å². The van der Waals surface area contributed by atoms with Crippen molar-refractivity contribution in [3.63, 3.8) is 0 Å². The number of carbonyl (C=O) groups excluding carboxylic acids is 1. The first-order valence-electron chi connectivity index (χ1n) is 9.36. The van der Waals surface area contributed by atoms with Crippen LogP contribution in [0.15, 0.2) is 29.2 Å². The summed E-state index contributed by atoms with van der Waals surface area (Å²) in [4.78, 5) is 25.7. The molecule has 0 saturated carbocycles. The van der Waals surface area contributed by atoms with Crippen LogP contribution in [0.4, 0.5) is 0 Å². The van der Waals surface area contributed by atoms with Crippen LogP contribution in [0.5, 0.6) is 0 Å². The maximum Gasteiger partial charge on any atom is 0.308 e. The van der Waals surface area contributed by atoms with E-state index in [0.29, 0.717) is 37.5 Å². The van der Waals surface area contributed by atoms with Crippen molar-refractivity contribution in [2.24, 2.45) is 11.8 Å². The highest BCUT2D eigenvalue weighted by Gasteiger charge is 2.38. The molecule has 3 atom stereocenters. The van der Waals surface area contributed by atoms with Gasteiger partial charge in [0.2, 0.25) is 10.0 Å². The second-order valence-electron chi connectivity index (χ2n) is 7.61. The summed E-state index contributed by atoms with van der Waals surface area (Å²) in [5.41, 5.74) is 0.374. The predicted molar refractivity (Wildman–Crippen MR) is 99.8 cm³/mol. The van der Waals surface area contributed by atoms with Gasteiger partial charge in [-0.15, -0.1) is 0 Å². The molecule has 1 N–H and O–H groups in total. The maximum absolute atomic E-state index is 12.8. The quantitative estimate of drug-likeness (QED) is 0.843. The molecule has 0 radical (unpaired) electrons. The van der Waals surface area contributed by atoms with E-state index in [9.17, 15) is 23.1 Å². The second-order valence-corrected chi connectivity index (χ2v) is 9.55. The first kappa shape index (κ1) is 19.8. The first-order chi connectivity index (χ1) is 12.7. The number of rotatable bonds is 4. The highest BCUT2D eigenvalue weighted by molar-refractivity contribution is 7.89. The zero-order chi connectivity index (χ0) is 19.8. The lowest BCUT2D eigenvalue weighted by Gasteiger charge is -2.30. The third kappa shape index (κ3) is 3.87. The van der Waals surface area contributed by atoms with Crippen LogP contribution in [-0.2, 0) is 14.8 Å². The molecule has 0 bridgehead atoms. The Morgan fingerprint density at radius 3 is 2.30 bits per heavy atom. The summed E-state index contributed by atoms with van der Waals surface area (Å²) in [6, 6.07) is 5.59. The fourth-order valence-corrected chi connectivity index (χ4v) is 5.60. The summed E-state index contributed by atoms with van der Waals surface area (Å²) in [5, 5.41) is 9.21. The summed E-state index contributed by atoms with van der Waals surface area (Å²) in [6.45, 7) is 5.22. The molecule has 2 heterocycles. The molecule has 27 heavy (non-hydrogen) atoms. The zero-order valence-electron chi connectivity index (χ0n) is 15.7. The van der Waals surface area contributed by atoms with Crippen LogP contribution in [-0.4, -0.2) is 60.3 Å². The summed E-state index contributed by atoms with van der Waals surface area (Å²) in [5.74, 6) is -1.38. The summed E-state index contributed by atoms with van der Waals surface area (Å²) in [6.07, 6.45) is 2.32. The van der Waals surface area contributed by atoms with Crippen LogP contribution in [0.25, 0.3) is 0 Å². The molecule has 3 unspecified atom stereocenters. The minimum absolute atomic E-state index is 0.186. The van der Waals surface area contributed by atoms with E-state index in [1.807, 2.05) is 6.92 Å². The van der Waals surface area contributed by atoms with E-state index in [0.717, 1.165) is 12.8 Å². The second kappa shape index (κ2) is 7.59. The molecular formula is C19H26N2O5S. The average molecular weight is 394 g/mol. The van der Waals surface area contributed by atoms with Crippen molar-refractivity contribution < 1.29 is 23.1 Å². The number of nitrogens with zero attached hydrogens (tertiary/aromatic N) is 2. The molecule has 148 valence electrons. The molecule has 1 aromatic rings. The lowest BCUT2D eigenvalue weighted by atomic mass is 10.0. The molecule has 2 saturated heterocycles. The molecular weight excluding hydrogens is 368 g/mol. The van der Waals surface area contributed by atoms with E-state index in [4.69, 9.17) is 0 Å².